The minimum atomic E-state index is -0.423. The van der Waals surface area contributed by atoms with Gasteiger partial charge in [-0.3, -0.25) is 9.59 Å². The zero-order valence-electron chi connectivity index (χ0n) is 16.4. The van der Waals surface area contributed by atoms with Crippen LogP contribution in [0, 0.1) is 0 Å². The fourth-order valence-corrected chi connectivity index (χ4v) is 3.22. The maximum Gasteiger partial charge on any atom is 0.263 e. The molecule has 0 bridgehead atoms. The highest BCUT2D eigenvalue weighted by molar-refractivity contribution is 6.32. The van der Waals surface area contributed by atoms with Crippen molar-refractivity contribution in [1.82, 2.24) is 14.7 Å². The molecule has 0 radical (unpaired) electrons. The molecule has 2 aromatic carbocycles. The lowest BCUT2D eigenvalue weighted by Gasteiger charge is -2.09. The highest BCUT2D eigenvalue weighted by Gasteiger charge is 2.16. The van der Waals surface area contributed by atoms with E-state index in [-0.39, 0.29) is 18.0 Å². The normalized spacial score (nSPS) is 10.6. The third kappa shape index (κ3) is 4.49. The van der Waals surface area contributed by atoms with Gasteiger partial charge in [-0.25, -0.2) is 0 Å². The van der Waals surface area contributed by atoms with E-state index in [2.05, 4.69) is 15.5 Å². The number of anilines is 1. The van der Waals surface area contributed by atoms with Gasteiger partial charge in [0.1, 0.15) is 17.9 Å². The molecule has 156 valence electrons. The Hall–Kier alpha value is -3.91. The number of rotatable bonds is 6. The molecule has 8 nitrogen and oxygen atoms in total. The van der Waals surface area contributed by atoms with E-state index >= 15 is 0 Å². The van der Waals surface area contributed by atoms with Gasteiger partial charge in [-0.1, -0.05) is 47.1 Å². The number of ether oxygens (including phenoxy) is 1. The van der Waals surface area contributed by atoms with Gasteiger partial charge in [-0.15, -0.1) is 0 Å². The summed E-state index contributed by atoms with van der Waals surface area (Å²) in [7, 11) is 1.51. The molecule has 0 saturated carbocycles. The van der Waals surface area contributed by atoms with E-state index in [1.54, 1.807) is 30.3 Å². The zero-order chi connectivity index (χ0) is 21.8. The quantitative estimate of drug-likeness (QED) is 0.492. The van der Waals surface area contributed by atoms with Gasteiger partial charge in [0.2, 0.25) is 11.7 Å². The Morgan fingerprint density at radius 2 is 1.97 bits per heavy atom. The predicted molar refractivity (Wildman–Crippen MR) is 116 cm³/mol. The number of hydrogen-bond acceptors (Lipinski definition) is 6. The molecule has 2 heterocycles. The minimum Gasteiger partial charge on any atom is -0.495 e. The molecule has 4 aromatic rings. The van der Waals surface area contributed by atoms with Gasteiger partial charge in [0, 0.05) is 17.4 Å². The number of nitrogens with zero attached hydrogens (tertiary/aromatic N) is 3. The van der Waals surface area contributed by atoms with Crippen molar-refractivity contribution in [3.8, 4) is 28.6 Å². The Balaban J connectivity index is 1.53. The summed E-state index contributed by atoms with van der Waals surface area (Å²) < 4.78 is 11.6. The molecule has 0 atom stereocenters. The van der Waals surface area contributed by atoms with Gasteiger partial charge in [-0.2, -0.15) is 4.98 Å². The first-order valence-electron chi connectivity index (χ1n) is 9.27. The summed E-state index contributed by atoms with van der Waals surface area (Å²) in [6.45, 7) is -0.198. The maximum absolute atomic E-state index is 12.9. The van der Waals surface area contributed by atoms with Crippen molar-refractivity contribution in [2.75, 3.05) is 12.4 Å². The van der Waals surface area contributed by atoms with E-state index < -0.39 is 11.5 Å². The van der Waals surface area contributed by atoms with Gasteiger partial charge >= 0.3 is 0 Å². The SMILES string of the molecule is COc1ccc(NC(=O)Cn2cccc(-c3nc(-c4ccccc4)no3)c2=O)cc1Cl. The number of pyridine rings is 1. The molecular formula is C22H17ClN4O4. The first-order chi connectivity index (χ1) is 15.0. The Morgan fingerprint density at radius 1 is 1.16 bits per heavy atom. The van der Waals surface area contributed by atoms with Gasteiger partial charge in [-0.05, 0) is 30.3 Å². The molecule has 2 aromatic heterocycles. The molecule has 0 aliphatic heterocycles. The van der Waals surface area contributed by atoms with Crippen LogP contribution in [0.1, 0.15) is 0 Å². The summed E-state index contributed by atoms with van der Waals surface area (Å²) in [5.74, 6) is 0.564. The lowest BCUT2D eigenvalue weighted by atomic mass is 10.2. The molecule has 9 heteroatoms. The molecule has 4 rings (SSSR count). The van der Waals surface area contributed by atoms with Crippen LogP contribution in [0.25, 0.3) is 22.8 Å². The number of methoxy groups -OCH3 is 1. The van der Waals surface area contributed by atoms with Crippen molar-refractivity contribution in [2.24, 2.45) is 0 Å². The smallest absolute Gasteiger partial charge is 0.263 e. The fourth-order valence-electron chi connectivity index (χ4n) is 2.96. The van der Waals surface area contributed by atoms with E-state index in [1.807, 2.05) is 30.3 Å². The van der Waals surface area contributed by atoms with Crippen molar-refractivity contribution >= 4 is 23.2 Å². The lowest BCUT2D eigenvalue weighted by molar-refractivity contribution is -0.116. The summed E-state index contributed by atoms with van der Waals surface area (Å²) in [4.78, 5) is 29.6. The van der Waals surface area contributed by atoms with Crippen molar-refractivity contribution in [3.05, 3.63) is 82.2 Å². The van der Waals surface area contributed by atoms with Crippen molar-refractivity contribution in [2.45, 2.75) is 6.54 Å². The monoisotopic (exact) mass is 436 g/mol. The number of halogens is 1. The molecular weight excluding hydrogens is 420 g/mol. The van der Waals surface area contributed by atoms with Crippen LogP contribution >= 0.6 is 11.6 Å². The second kappa shape index (κ2) is 8.85. The minimum absolute atomic E-state index is 0.0838. The lowest BCUT2D eigenvalue weighted by Crippen LogP contribution is -2.28. The van der Waals surface area contributed by atoms with E-state index in [0.29, 0.717) is 22.3 Å². The van der Waals surface area contributed by atoms with E-state index in [4.69, 9.17) is 20.9 Å². The Labute approximate surface area is 182 Å². The van der Waals surface area contributed by atoms with Crippen LogP contribution in [0.5, 0.6) is 5.75 Å². The summed E-state index contributed by atoms with van der Waals surface area (Å²) in [6, 6.07) is 17.4. The van der Waals surface area contributed by atoms with Gasteiger partial charge in [0.25, 0.3) is 11.4 Å². The van der Waals surface area contributed by atoms with Crippen LogP contribution < -0.4 is 15.6 Å². The van der Waals surface area contributed by atoms with Crippen LogP contribution in [0.15, 0.2) is 76.2 Å². The van der Waals surface area contributed by atoms with E-state index in [9.17, 15) is 9.59 Å². The van der Waals surface area contributed by atoms with E-state index in [0.717, 1.165) is 5.56 Å². The summed E-state index contributed by atoms with van der Waals surface area (Å²) >= 11 is 6.08. The summed E-state index contributed by atoms with van der Waals surface area (Å²) in [6.07, 6.45) is 1.51. The molecule has 0 saturated heterocycles. The van der Waals surface area contributed by atoms with Crippen molar-refractivity contribution in [1.29, 1.82) is 0 Å². The molecule has 1 N–H and O–H groups in total. The zero-order valence-corrected chi connectivity index (χ0v) is 17.2. The van der Waals surface area contributed by atoms with Crippen molar-refractivity contribution in [3.63, 3.8) is 0 Å². The molecule has 0 aliphatic carbocycles. The molecule has 0 unspecified atom stereocenters. The third-order valence-electron chi connectivity index (χ3n) is 4.46. The van der Waals surface area contributed by atoms with Crippen LogP contribution in [0.2, 0.25) is 5.02 Å². The van der Waals surface area contributed by atoms with Crippen molar-refractivity contribution < 1.29 is 14.1 Å². The third-order valence-corrected chi connectivity index (χ3v) is 4.75. The van der Waals surface area contributed by atoms with E-state index in [1.165, 1.54) is 17.9 Å². The first-order valence-corrected chi connectivity index (χ1v) is 9.65. The standard InChI is InChI=1S/C22H17ClN4O4/c1-30-18-10-9-15(12-17(18)23)24-19(28)13-27-11-5-8-16(22(27)29)21-25-20(26-31-21)14-6-3-2-4-7-14/h2-12H,13H2,1H3,(H,24,28). The van der Waals surface area contributed by atoms with Crippen LogP contribution in [-0.2, 0) is 11.3 Å². The number of carbonyl (C=O) groups is 1. The fraction of sp³-hybridized carbons (Fsp3) is 0.0909. The highest BCUT2D eigenvalue weighted by atomic mass is 35.5. The second-order valence-electron chi connectivity index (χ2n) is 6.54. The summed E-state index contributed by atoms with van der Waals surface area (Å²) in [5, 5.41) is 7.01. The number of nitrogens with one attached hydrogen (secondary N) is 1. The number of hydrogen-bond donors (Lipinski definition) is 1. The van der Waals surface area contributed by atoms with Crippen LogP contribution in [0.4, 0.5) is 5.69 Å². The number of aromatic nitrogens is 3. The number of benzene rings is 2. The Bertz CT molecular complexity index is 1280. The van der Waals surface area contributed by atoms with Gasteiger partial charge in [0.15, 0.2) is 0 Å². The average molecular weight is 437 g/mol. The summed E-state index contributed by atoms with van der Waals surface area (Å²) in [5.41, 5.74) is 1.04. The average Bonchev–Trinajstić information content (AvgIpc) is 3.26. The molecule has 0 spiro atoms. The van der Waals surface area contributed by atoms with Gasteiger partial charge < -0.3 is 19.1 Å². The molecule has 0 fully saturated rings. The largest absolute Gasteiger partial charge is 0.495 e. The molecule has 0 aliphatic rings. The number of amides is 1. The topological polar surface area (TPSA) is 99.2 Å². The molecule has 1 amide bonds. The second-order valence-corrected chi connectivity index (χ2v) is 6.95. The van der Waals surface area contributed by atoms with Gasteiger partial charge in [0.05, 0.1) is 12.1 Å². The predicted octanol–water partition coefficient (Wildman–Crippen LogP) is 3.87. The first kappa shape index (κ1) is 20.4. The molecule has 31 heavy (non-hydrogen) atoms. The number of carbonyl (C=O) groups excluding carboxylic acids is 1. The maximum atomic E-state index is 12.9. The Kier molecular flexibility index (Phi) is 5.81. The van der Waals surface area contributed by atoms with Crippen LogP contribution in [0.3, 0.4) is 0 Å². The highest BCUT2D eigenvalue weighted by Crippen LogP contribution is 2.27. The van der Waals surface area contributed by atoms with Crippen LogP contribution in [-0.4, -0.2) is 27.7 Å². The Morgan fingerprint density at radius 3 is 2.71 bits per heavy atom.